The van der Waals surface area contributed by atoms with E-state index in [0.29, 0.717) is 0 Å². The summed E-state index contributed by atoms with van der Waals surface area (Å²) < 4.78 is 37.9. The summed E-state index contributed by atoms with van der Waals surface area (Å²) >= 11 is 0. The van der Waals surface area contributed by atoms with Gasteiger partial charge in [0.25, 0.3) is 0 Å². The van der Waals surface area contributed by atoms with Gasteiger partial charge in [-0.2, -0.15) is 0 Å². The SMILES string of the molecule is Cc1nc(C(=O)O)cn1-c1ccc(S(C)(=O)=O)cc1F. The van der Waals surface area contributed by atoms with Crippen LogP contribution >= 0.6 is 0 Å². The lowest BCUT2D eigenvalue weighted by Gasteiger charge is -2.07. The van der Waals surface area contributed by atoms with Crippen LogP contribution in [0.2, 0.25) is 0 Å². The van der Waals surface area contributed by atoms with Gasteiger partial charge in [-0.1, -0.05) is 0 Å². The van der Waals surface area contributed by atoms with E-state index in [4.69, 9.17) is 5.11 Å². The number of carbonyl (C=O) groups is 1. The van der Waals surface area contributed by atoms with Gasteiger partial charge in [0.05, 0.1) is 10.6 Å². The van der Waals surface area contributed by atoms with Crippen LogP contribution in [0.25, 0.3) is 5.69 Å². The molecule has 1 heterocycles. The van der Waals surface area contributed by atoms with Crippen LogP contribution in [0.5, 0.6) is 0 Å². The third-order valence-corrected chi connectivity index (χ3v) is 3.82. The van der Waals surface area contributed by atoms with E-state index in [2.05, 4.69) is 4.98 Å². The molecular formula is C12H11FN2O4S. The third kappa shape index (κ3) is 2.55. The number of halogens is 1. The van der Waals surface area contributed by atoms with Crippen molar-refractivity contribution in [2.24, 2.45) is 0 Å². The van der Waals surface area contributed by atoms with E-state index >= 15 is 0 Å². The first-order chi connectivity index (χ1) is 9.20. The molecule has 1 aromatic heterocycles. The molecule has 1 N–H and O–H groups in total. The molecule has 0 bridgehead atoms. The van der Waals surface area contributed by atoms with Gasteiger partial charge >= 0.3 is 5.97 Å². The molecule has 1 aromatic carbocycles. The molecule has 6 nitrogen and oxygen atoms in total. The zero-order valence-electron chi connectivity index (χ0n) is 10.7. The quantitative estimate of drug-likeness (QED) is 0.925. The molecule has 0 amide bonds. The van der Waals surface area contributed by atoms with Crippen molar-refractivity contribution in [3.05, 3.63) is 41.7 Å². The Morgan fingerprint density at radius 1 is 1.40 bits per heavy atom. The van der Waals surface area contributed by atoms with Crippen molar-refractivity contribution in [3.63, 3.8) is 0 Å². The van der Waals surface area contributed by atoms with Crippen LogP contribution in [0.4, 0.5) is 4.39 Å². The van der Waals surface area contributed by atoms with E-state index in [1.165, 1.54) is 29.8 Å². The number of hydrogen-bond donors (Lipinski definition) is 1. The first-order valence-electron chi connectivity index (χ1n) is 5.49. The maximum Gasteiger partial charge on any atom is 0.356 e. The van der Waals surface area contributed by atoms with Gasteiger partial charge in [0.1, 0.15) is 11.6 Å². The van der Waals surface area contributed by atoms with Gasteiger partial charge in [0.15, 0.2) is 15.5 Å². The Hall–Kier alpha value is -2.22. The molecule has 0 atom stereocenters. The smallest absolute Gasteiger partial charge is 0.356 e. The van der Waals surface area contributed by atoms with Crippen molar-refractivity contribution < 1.29 is 22.7 Å². The van der Waals surface area contributed by atoms with Gasteiger partial charge in [0.2, 0.25) is 0 Å². The molecular weight excluding hydrogens is 287 g/mol. The van der Waals surface area contributed by atoms with E-state index in [9.17, 15) is 17.6 Å². The van der Waals surface area contributed by atoms with Crippen LogP contribution in [0, 0.1) is 12.7 Å². The minimum Gasteiger partial charge on any atom is -0.476 e. The second-order valence-corrected chi connectivity index (χ2v) is 6.25. The first kappa shape index (κ1) is 14.2. The van der Waals surface area contributed by atoms with Gasteiger partial charge < -0.3 is 9.67 Å². The number of nitrogens with zero attached hydrogens (tertiary/aromatic N) is 2. The molecule has 8 heteroatoms. The van der Waals surface area contributed by atoms with E-state index in [0.717, 1.165) is 12.3 Å². The number of hydrogen-bond acceptors (Lipinski definition) is 4. The maximum absolute atomic E-state index is 14.0. The van der Waals surface area contributed by atoms with E-state index in [-0.39, 0.29) is 22.1 Å². The normalized spacial score (nSPS) is 11.6. The number of aromatic nitrogens is 2. The molecule has 0 saturated carbocycles. The Morgan fingerprint density at radius 2 is 2.05 bits per heavy atom. The zero-order chi connectivity index (χ0) is 15.1. The number of rotatable bonds is 3. The highest BCUT2D eigenvalue weighted by molar-refractivity contribution is 7.90. The predicted octanol–water partition coefficient (Wildman–Crippen LogP) is 1.42. The van der Waals surface area contributed by atoms with E-state index < -0.39 is 21.6 Å². The molecule has 0 radical (unpaired) electrons. The standard InChI is InChI=1S/C12H11FN2O4S/c1-7-14-10(12(16)17)6-15(7)11-4-3-8(5-9(11)13)20(2,18)19/h3-6H,1-2H3,(H,16,17). The summed E-state index contributed by atoms with van der Waals surface area (Å²) in [6, 6.07) is 3.42. The molecule has 2 aromatic rings. The Bertz CT molecular complexity index is 796. The number of benzene rings is 1. The molecule has 0 saturated heterocycles. The molecule has 20 heavy (non-hydrogen) atoms. The first-order valence-corrected chi connectivity index (χ1v) is 7.38. The monoisotopic (exact) mass is 298 g/mol. The number of imidazole rings is 1. The second-order valence-electron chi connectivity index (χ2n) is 4.23. The van der Waals surface area contributed by atoms with Crippen molar-refractivity contribution in [3.8, 4) is 5.69 Å². The number of aryl methyl sites for hydroxylation is 1. The van der Waals surface area contributed by atoms with Gasteiger partial charge in [-0.05, 0) is 25.1 Å². The largest absolute Gasteiger partial charge is 0.476 e. The van der Waals surface area contributed by atoms with E-state index in [1.807, 2.05) is 0 Å². The van der Waals surface area contributed by atoms with E-state index in [1.54, 1.807) is 0 Å². The van der Waals surface area contributed by atoms with Gasteiger partial charge in [-0.3, -0.25) is 0 Å². The average molecular weight is 298 g/mol. The zero-order valence-corrected chi connectivity index (χ0v) is 11.5. The number of carboxylic acid groups (broad SMARTS) is 1. The summed E-state index contributed by atoms with van der Waals surface area (Å²) in [5.41, 5.74) is -0.177. The maximum atomic E-state index is 14.0. The Labute approximate surface area is 114 Å². The molecule has 106 valence electrons. The van der Waals surface area contributed by atoms with Crippen LogP contribution in [-0.2, 0) is 9.84 Å². The van der Waals surface area contributed by atoms with Crippen LogP contribution in [-0.4, -0.2) is 35.3 Å². The van der Waals surface area contributed by atoms with Crippen molar-refractivity contribution in [1.82, 2.24) is 9.55 Å². The van der Waals surface area contributed by atoms with Crippen molar-refractivity contribution in [2.75, 3.05) is 6.26 Å². The summed E-state index contributed by atoms with van der Waals surface area (Å²) in [4.78, 5) is 14.5. The Kier molecular flexibility index (Phi) is 3.34. The van der Waals surface area contributed by atoms with Crippen molar-refractivity contribution >= 4 is 15.8 Å². The summed E-state index contributed by atoms with van der Waals surface area (Å²) in [5.74, 6) is -1.71. The molecule has 0 fully saturated rings. The summed E-state index contributed by atoms with van der Waals surface area (Å²) in [6.07, 6.45) is 2.16. The lowest BCUT2D eigenvalue weighted by atomic mass is 10.3. The van der Waals surface area contributed by atoms with Gasteiger partial charge in [-0.15, -0.1) is 0 Å². The molecule has 0 aliphatic heterocycles. The highest BCUT2D eigenvalue weighted by Gasteiger charge is 2.16. The number of sulfone groups is 1. The highest BCUT2D eigenvalue weighted by atomic mass is 32.2. The highest BCUT2D eigenvalue weighted by Crippen LogP contribution is 2.20. The fourth-order valence-electron chi connectivity index (χ4n) is 1.73. The minimum atomic E-state index is -3.50. The molecule has 0 aliphatic rings. The van der Waals surface area contributed by atoms with Gasteiger partial charge in [-0.25, -0.2) is 22.6 Å². The summed E-state index contributed by atoms with van der Waals surface area (Å²) in [6.45, 7) is 1.52. The fourth-order valence-corrected chi connectivity index (χ4v) is 2.37. The molecule has 0 aliphatic carbocycles. The van der Waals surface area contributed by atoms with Crippen LogP contribution in [0.1, 0.15) is 16.3 Å². The van der Waals surface area contributed by atoms with Gasteiger partial charge in [0, 0.05) is 12.5 Å². The predicted molar refractivity (Wildman–Crippen MR) is 68.3 cm³/mol. The lowest BCUT2D eigenvalue weighted by Crippen LogP contribution is -2.03. The van der Waals surface area contributed by atoms with Crippen LogP contribution < -0.4 is 0 Å². The van der Waals surface area contributed by atoms with Crippen molar-refractivity contribution in [2.45, 2.75) is 11.8 Å². The van der Waals surface area contributed by atoms with Crippen LogP contribution in [0.15, 0.2) is 29.3 Å². The van der Waals surface area contributed by atoms with Crippen molar-refractivity contribution in [1.29, 1.82) is 0 Å². The fraction of sp³-hybridized carbons (Fsp3) is 0.167. The topological polar surface area (TPSA) is 89.3 Å². The third-order valence-electron chi connectivity index (χ3n) is 2.71. The molecule has 0 spiro atoms. The molecule has 0 unspecified atom stereocenters. The number of carboxylic acids is 1. The number of aromatic carboxylic acids is 1. The average Bonchev–Trinajstić information content (AvgIpc) is 2.70. The lowest BCUT2D eigenvalue weighted by molar-refractivity contribution is 0.0691. The van der Waals surface area contributed by atoms with Crippen LogP contribution in [0.3, 0.4) is 0 Å². The summed E-state index contributed by atoms with van der Waals surface area (Å²) in [7, 11) is -3.50. The molecule has 2 rings (SSSR count). The Morgan fingerprint density at radius 3 is 2.50 bits per heavy atom. The Balaban J connectivity index is 2.57. The summed E-state index contributed by atoms with van der Waals surface area (Å²) in [5, 5.41) is 8.84. The minimum absolute atomic E-state index is 0.0369. The second kappa shape index (κ2) is 4.71.